The van der Waals surface area contributed by atoms with E-state index >= 15 is 0 Å². The van der Waals surface area contributed by atoms with Crippen molar-refractivity contribution in [1.29, 1.82) is 0 Å². The van der Waals surface area contributed by atoms with Crippen molar-refractivity contribution in [1.82, 2.24) is 5.01 Å². The van der Waals surface area contributed by atoms with Crippen LogP contribution in [0.5, 0.6) is 0 Å². The molecule has 0 aliphatic rings. The Hall–Kier alpha value is -1.74. The Balaban J connectivity index is 2.08. The molecule has 0 aromatic heterocycles. The number of nitrogens with zero attached hydrogens (tertiary/aromatic N) is 2. The molecule has 0 saturated carbocycles. The van der Waals surface area contributed by atoms with E-state index in [1.165, 1.54) is 10.5 Å². The highest BCUT2D eigenvalue weighted by molar-refractivity contribution is 8.00. The smallest absolute Gasteiger partial charge is 0.0505 e. The van der Waals surface area contributed by atoms with Gasteiger partial charge in [0.2, 0.25) is 0 Å². The molecule has 2 nitrogen and oxygen atoms in total. The first-order valence-electron chi connectivity index (χ1n) is 6.71. The van der Waals surface area contributed by atoms with Crippen LogP contribution in [0.15, 0.2) is 70.7 Å². The monoisotopic (exact) mass is 284 g/mol. The highest BCUT2D eigenvalue weighted by Gasteiger charge is 2.09. The van der Waals surface area contributed by atoms with E-state index in [2.05, 4.69) is 59.7 Å². The lowest BCUT2D eigenvalue weighted by molar-refractivity contribution is 0.439. The van der Waals surface area contributed by atoms with Gasteiger partial charge in [0, 0.05) is 25.2 Å². The predicted molar refractivity (Wildman–Crippen MR) is 88.4 cm³/mol. The zero-order valence-corrected chi connectivity index (χ0v) is 12.8. The summed E-state index contributed by atoms with van der Waals surface area (Å²) in [6.07, 6.45) is 3.02. The number of thioether (sulfide) groups is 1. The molecule has 104 valence electrons. The Bertz CT molecular complexity index is 482. The van der Waals surface area contributed by atoms with Crippen LogP contribution in [0.3, 0.4) is 0 Å². The summed E-state index contributed by atoms with van der Waals surface area (Å²) in [5.74, 6) is 0. The first kappa shape index (κ1) is 14.7. The Kier molecular flexibility index (Phi) is 5.69. The molecule has 0 heterocycles. The van der Waals surface area contributed by atoms with Crippen LogP contribution < -0.4 is 0 Å². The normalized spacial score (nSPS) is 12.5. The van der Waals surface area contributed by atoms with Crippen LogP contribution in [0.2, 0.25) is 0 Å². The Morgan fingerprint density at radius 3 is 2.20 bits per heavy atom. The number of benzene rings is 2. The lowest BCUT2D eigenvalue weighted by atomic mass is 10.1. The van der Waals surface area contributed by atoms with E-state index in [4.69, 9.17) is 0 Å². The van der Waals surface area contributed by atoms with Crippen molar-refractivity contribution in [3.63, 3.8) is 0 Å². The molecule has 1 unspecified atom stereocenters. The fraction of sp³-hybridized carbons (Fsp3) is 0.235. The maximum absolute atomic E-state index is 4.40. The molecule has 0 radical (unpaired) electrons. The summed E-state index contributed by atoms with van der Waals surface area (Å²) in [6.45, 7) is 0. The van der Waals surface area contributed by atoms with Crippen molar-refractivity contribution in [2.75, 3.05) is 14.1 Å². The molecular weight excluding hydrogens is 264 g/mol. The summed E-state index contributed by atoms with van der Waals surface area (Å²) in [4.78, 5) is 1.28. The van der Waals surface area contributed by atoms with Gasteiger partial charge in [-0.15, -0.1) is 11.8 Å². The van der Waals surface area contributed by atoms with Gasteiger partial charge >= 0.3 is 0 Å². The quantitative estimate of drug-likeness (QED) is 0.453. The summed E-state index contributed by atoms with van der Waals surface area (Å²) in [5.41, 5.74) is 1.34. The molecule has 0 aliphatic heterocycles. The zero-order valence-electron chi connectivity index (χ0n) is 11.9. The topological polar surface area (TPSA) is 15.6 Å². The molecule has 0 N–H and O–H groups in total. The predicted octanol–water partition coefficient (Wildman–Crippen LogP) is 3.94. The van der Waals surface area contributed by atoms with Crippen molar-refractivity contribution >= 4 is 18.0 Å². The van der Waals surface area contributed by atoms with E-state index in [-0.39, 0.29) is 0 Å². The van der Waals surface area contributed by atoms with Crippen LogP contribution >= 0.6 is 11.8 Å². The third-order valence-corrected chi connectivity index (χ3v) is 3.91. The minimum absolute atomic E-state index is 0.335. The second-order valence-corrected chi connectivity index (χ2v) is 6.08. The van der Waals surface area contributed by atoms with Gasteiger partial charge in [-0.25, -0.2) is 0 Å². The van der Waals surface area contributed by atoms with E-state index in [0.717, 1.165) is 6.42 Å². The minimum atomic E-state index is 0.335. The van der Waals surface area contributed by atoms with Gasteiger partial charge in [-0.1, -0.05) is 48.5 Å². The van der Waals surface area contributed by atoms with Crippen molar-refractivity contribution in [2.45, 2.75) is 16.6 Å². The van der Waals surface area contributed by atoms with E-state index in [1.54, 1.807) is 0 Å². The molecule has 0 aliphatic carbocycles. The zero-order chi connectivity index (χ0) is 14.2. The molecule has 0 spiro atoms. The Morgan fingerprint density at radius 1 is 1.00 bits per heavy atom. The van der Waals surface area contributed by atoms with Crippen LogP contribution in [0, 0.1) is 0 Å². The molecular formula is C17H20N2S. The molecule has 20 heavy (non-hydrogen) atoms. The van der Waals surface area contributed by atoms with Gasteiger partial charge in [-0.2, -0.15) is 5.10 Å². The van der Waals surface area contributed by atoms with Crippen LogP contribution in [0.1, 0.15) is 5.56 Å². The van der Waals surface area contributed by atoms with Gasteiger partial charge in [0.05, 0.1) is 5.25 Å². The van der Waals surface area contributed by atoms with Crippen LogP contribution in [0.4, 0.5) is 0 Å². The molecule has 1 atom stereocenters. The first-order valence-corrected chi connectivity index (χ1v) is 7.59. The molecule has 0 bridgehead atoms. The summed E-state index contributed by atoms with van der Waals surface area (Å²) in [5, 5.41) is 6.58. The fourth-order valence-electron chi connectivity index (χ4n) is 1.85. The van der Waals surface area contributed by atoms with Crippen LogP contribution in [-0.2, 0) is 6.42 Å². The molecule has 2 aromatic rings. The maximum Gasteiger partial charge on any atom is 0.0505 e. The van der Waals surface area contributed by atoms with Crippen LogP contribution in [0.25, 0.3) is 0 Å². The summed E-state index contributed by atoms with van der Waals surface area (Å²) in [7, 11) is 3.90. The minimum Gasteiger partial charge on any atom is -0.303 e. The Labute approximate surface area is 125 Å². The van der Waals surface area contributed by atoms with Gasteiger partial charge in [0.25, 0.3) is 0 Å². The molecule has 3 heteroatoms. The van der Waals surface area contributed by atoms with Gasteiger partial charge in [0.1, 0.15) is 0 Å². The highest BCUT2D eigenvalue weighted by atomic mass is 32.2. The average molecular weight is 284 g/mol. The third-order valence-electron chi connectivity index (χ3n) is 2.77. The SMILES string of the molecule is CN(C)/N=C/C(Cc1ccccc1)Sc1ccccc1. The second kappa shape index (κ2) is 7.75. The summed E-state index contributed by atoms with van der Waals surface area (Å²) in [6, 6.07) is 21.0. The van der Waals surface area contributed by atoms with Crippen molar-refractivity contribution in [3.05, 3.63) is 66.2 Å². The maximum atomic E-state index is 4.40. The molecule has 0 saturated heterocycles. The summed E-state index contributed by atoms with van der Waals surface area (Å²) >= 11 is 1.85. The first-order chi connectivity index (χ1) is 9.74. The fourth-order valence-corrected chi connectivity index (χ4v) is 2.91. The van der Waals surface area contributed by atoms with Crippen molar-refractivity contribution in [2.24, 2.45) is 5.10 Å². The number of rotatable bonds is 6. The van der Waals surface area contributed by atoms with E-state index in [1.807, 2.05) is 43.1 Å². The van der Waals surface area contributed by atoms with E-state index in [0.29, 0.717) is 5.25 Å². The molecule has 2 rings (SSSR count). The van der Waals surface area contributed by atoms with E-state index in [9.17, 15) is 0 Å². The Morgan fingerprint density at radius 2 is 1.60 bits per heavy atom. The molecule has 2 aromatic carbocycles. The molecule has 0 amide bonds. The standard InChI is InChI=1S/C17H20N2S/c1-19(2)18-14-17(13-15-9-5-3-6-10-15)20-16-11-7-4-8-12-16/h3-12,14,17H,13H2,1-2H3/b18-14+. The molecule has 0 fully saturated rings. The number of hydrogen-bond donors (Lipinski definition) is 0. The summed E-state index contributed by atoms with van der Waals surface area (Å²) < 4.78 is 0. The lowest BCUT2D eigenvalue weighted by Gasteiger charge is -2.13. The van der Waals surface area contributed by atoms with Gasteiger partial charge < -0.3 is 5.01 Å². The van der Waals surface area contributed by atoms with Crippen molar-refractivity contribution in [3.8, 4) is 0 Å². The lowest BCUT2D eigenvalue weighted by Crippen LogP contribution is -2.12. The van der Waals surface area contributed by atoms with E-state index < -0.39 is 0 Å². The third kappa shape index (κ3) is 5.10. The number of hydrogen-bond acceptors (Lipinski definition) is 3. The van der Waals surface area contributed by atoms with Crippen LogP contribution in [-0.4, -0.2) is 30.6 Å². The second-order valence-electron chi connectivity index (χ2n) is 4.77. The van der Waals surface area contributed by atoms with Gasteiger partial charge in [0.15, 0.2) is 0 Å². The highest BCUT2D eigenvalue weighted by Crippen LogP contribution is 2.24. The van der Waals surface area contributed by atoms with Crippen molar-refractivity contribution < 1.29 is 0 Å². The number of hydrazone groups is 1. The van der Waals surface area contributed by atoms with Gasteiger partial charge in [-0.05, 0) is 24.1 Å². The average Bonchev–Trinajstić information content (AvgIpc) is 2.47. The largest absolute Gasteiger partial charge is 0.303 e. The van der Waals surface area contributed by atoms with Gasteiger partial charge in [-0.3, -0.25) is 0 Å².